The van der Waals surface area contributed by atoms with Gasteiger partial charge in [-0.15, -0.1) is 0 Å². The van der Waals surface area contributed by atoms with Crippen molar-refractivity contribution in [2.45, 2.75) is 18.6 Å². The fraction of sp³-hybridized carbons (Fsp3) is 0.136. The van der Waals surface area contributed by atoms with E-state index in [-0.39, 0.29) is 11.8 Å². The number of rotatable bonds is 7. The van der Waals surface area contributed by atoms with Crippen molar-refractivity contribution in [1.82, 2.24) is 0 Å². The standard InChI is InChI=1S/C22H22N2O2/c23-22(24-26-16-17-10-4-1-5-11-17)21(25)20(18-12-6-2-7-13-18)19-14-8-3-9-15-19/h1-15,20-21,25H,16H2,(H2,23,24). The molecule has 0 saturated carbocycles. The molecule has 0 aromatic heterocycles. The molecule has 0 radical (unpaired) electrons. The van der Waals surface area contributed by atoms with Crippen LogP contribution in [0.25, 0.3) is 0 Å². The minimum atomic E-state index is -0.990. The van der Waals surface area contributed by atoms with E-state index in [0.717, 1.165) is 16.7 Å². The maximum atomic E-state index is 10.8. The third kappa shape index (κ3) is 4.49. The van der Waals surface area contributed by atoms with E-state index in [4.69, 9.17) is 10.6 Å². The van der Waals surface area contributed by atoms with E-state index in [1.165, 1.54) is 0 Å². The van der Waals surface area contributed by atoms with Gasteiger partial charge < -0.3 is 15.7 Å². The molecule has 0 fully saturated rings. The van der Waals surface area contributed by atoms with Gasteiger partial charge in [0.25, 0.3) is 0 Å². The highest BCUT2D eigenvalue weighted by molar-refractivity contribution is 5.85. The van der Waals surface area contributed by atoms with E-state index in [0.29, 0.717) is 6.61 Å². The fourth-order valence-corrected chi connectivity index (χ4v) is 2.86. The summed E-state index contributed by atoms with van der Waals surface area (Å²) in [4.78, 5) is 5.33. The van der Waals surface area contributed by atoms with Crippen molar-refractivity contribution in [1.29, 1.82) is 0 Å². The Hall–Kier alpha value is -3.11. The average Bonchev–Trinajstić information content (AvgIpc) is 2.70. The molecule has 3 rings (SSSR count). The molecule has 4 nitrogen and oxygen atoms in total. The van der Waals surface area contributed by atoms with Crippen molar-refractivity contribution in [3.63, 3.8) is 0 Å². The highest BCUT2D eigenvalue weighted by Crippen LogP contribution is 2.28. The molecule has 0 aliphatic heterocycles. The molecule has 26 heavy (non-hydrogen) atoms. The van der Waals surface area contributed by atoms with Gasteiger partial charge in [-0.2, -0.15) is 0 Å². The second-order valence-electron chi connectivity index (χ2n) is 6.02. The molecular formula is C22H22N2O2. The monoisotopic (exact) mass is 346 g/mol. The quantitative estimate of drug-likeness (QED) is 0.390. The van der Waals surface area contributed by atoms with Crippen LogP contribution in [0.1, 0.15) is 22.6 Å². The number of amidine groups is 1. The number of oxime groups is 1. The molecule has 0 heterocycles. The highest BCUT2D eigenvalue weighted by atomic mass is 16.6. The maximum absolute atomic E-state index is 10.8. The van der Waals surface area contributed by atoms with Crippen LogP contribution in [0.4, 0.5) is 0 Å². The topological polar surface area (TPSA) is 67.8 Å². The third-order valence-corrected chi connectivity index (χ3v) is 4.18. The van der Waals surface area contributed by atoms with Crippen molar-refractivity contribution >= 4 is 5.84 Å². The molecule has 1 atom stereocenters. The molecule has 3 aromatic rings. The first kappa shape index (κ1) is 17.7. The Labute approximate surface area is 153 Å². The molecule has 3 N–H and O–H groups in total. The molecule has 0 bridgehead atoms. The van der Waals surface area contributed by atoms with Crippen molar-refractivity contribution in [2.24, 2.45) is 10.9 Å². The number of hydrogen-bond donors (Lipinski definition) is 2. The van der Waals surface area contributed by atoms with Crippen molar-refractivity contribution in [3.05, 3.63) is 108 Å². The predicted octanol–water partition coefficient (Wildman–Crippen LogP) is 3.67. The van der Waals surface area contributed by atoms with Crippen LogP contribution >= 0.6 is 0 Å². The lowest BCUT2D eigenvalue weighted by Gasteiger charge is -2.23. The maximum Gasteiger partial charge on any atom is 0.169 e. The van der Waals surface area contributed by atoms with Crippen LogP contribution in [0.5, 0.6) is 0 Å². The molecule has 0 saturated heterocycles. The lowest BCUT2D eigenvalue weighted by molar-refractivity contribution is 0.122. The van der Waals surface area contributed by atoms with Crippen LogP contribution < -0.4 is 5.73 Å². The molecule has 0 aliphatic rings. The molecule has 4 heteroatoms. The number of hydrogen-bond acceptors (Lipinski definition) is 3. The van der Waals surface area contributed by atoms with Gasteiger partial charge in [0, 0.05) is 5.92 Å². The molecule has 1 unspecified atom stereocenters. The van der Waals surface area contributed by atoms with E-state index in [9.17, 15) is 5.11 Å². The van der Waals surface area contributed by atoms with Crippen molar-refractivity contribution in [3.8, 4) is 0 Å². The van der Waals surface area contributed by atoms with E-state index >= 15 is 0 Å². The average molecular weight is 346 g/mol. The number of nitrogens with zero attached hydrogens (tertiary/aromatic N) is 1. The lowest BCUT2D eigenvalue weighted by Crippen LogP contribution is -2.35. The zero-order valence-electron chi connectivity index (χ0n) is 14.4. The van der Waals surface area contributed by atoms with E-state index in [1.807, 2.05) is 91.0 Å². The lowest BCUT2D eigenvalue weighted by atomic mass is 9.86. The third-order valence-electron chi connectivity index (χ3n) is 4.18. The molecule has 0 amide bonds. The summed E-state index contributed by atoms with van der Waals surface area (Å²) in [6.45, 7) is 0.301. The Balaban J connectivity index is 1.78. The number of benzene rings is 3. The van der Waals surface area contributed by atoms with Gasteiger partial charge in [0.05, 0.1) is 0 Å². The van der Waals surface area contributed by atoms with E-state index in [2.05, 4.69) is 5.16 Å². The zero-order chi connectivity index (χ0) is 18.2. The predicted molar refractivity (Wildman–Crippen MR) is 104 cm³/mol. The first-order valence-electron chi connectivity index (χ1n) is 8.53. The van der Waals surface area contributed by atoms with Crippen LogP contribution in [0, 0.1) is 0 Å². The Kier molecular flexibility index (Phi) is 6.01. The molecule has 0 aliphatic carbocycles. The summed E-state index contributed by atoms with van der Waals surface area (Å²) in [6, 6.07) is 29.2. The Morgan fingerprint density at radius 2 is 1.27 bits per heavy atom. The van der Waals surface area contributed by atoms with Crippen molar-refractivity contribution < 1.29 is 9.94 Å². The summed E-state index contributed by atoms with van der Waals surface area (Å²) in [6.07, 6.45) is -0.990. The normalized spacial score (nSPS) is 12.8. The largest absolute Gasteiger partial charge is 0.389 e. The van der Waals surface area contributed by atoms with Crippen LogP contribution in [0.2, 0.25) is 0 Å². The zero-order valence-corrected chi connectivity index (χ0v) is 14.4. The first-order valence-corrected chi connectivity index (χ1v) is 8.53. The Bertz CT molecular complexity index is 781. The summed E-state index contributed by atoms with van der Waals surface area (Å²) < 4.78 is 0. The van der Waals surface area contributed by atoms with Crippen LogP contribution in [-0.2, 0) is 11.4 Å². The van der Waals surface area contributed by atoms with Gasteiger partial charge in [-0.3, -0.25) is 0 Å². The SMILES string of the molecule is N/C(=N\OCc1ccccc1)C(O)C(c1ccccc1)c1ccccc1. The van der Waals surface area contributed by atoms with Crippen LogP contribution in [0.3, 0.4) is 0 Å². The highest BCUT2D eigenvalue weighted by Gasteiger charge is 2.26. The number of aliphatic hydroxyl groups excluding tert-OH is 1. The Morgan fingerprint density at radius 3 is 1.77 bits per heavy atom. The van der Waals surface area contributed by atoms with Crippen LogP contribution in [0.15, 0.2) is 96.2 Å². The van der Waals surface area contributed by atoms with Gasteiger partial charge in [0.2, 0.25) is 0 Å². The first-order chi connectivity index (χ1) is 12.8. The summed E-state index contributed by atoms with van der Waals surface area (Å²) in [5.41, 5.74) is 8.95. The van der Waals surface area contributed by atoms with E-state index < -0.39 is 6.10 Å². The summed E-state index contributed by atoms with van der Waals surface area (Å²) >= 11 is 0. The van der Waals surface area contributed by atoms with E-state index in [1.54, 1.807) is 0 Å². The number of nitrogens with two attached hydrogens (primary N) is 1. The minimum absolute atomic E-state index is 0.0543. The van der Waals surface area contributed by atoms with Gasteiger partial charge in [-0.05, 0) is 16.7 Å². The van der Waals surface area contributed by atoms with Gasteiger partial charge in [-0.25, -0.2) is 0 Å². The van der Waals surface area contributed by atoms with Gasteiger partial charge in [0.15, 0.2) is 5.84 Å². The second-order valence-corrected chi connectivity index (χ2v) is 6.02. The fourth-order valence-electron chi connectivity index (χ4n) is 2.86. The summed E-state index contributed by atoms with van der Waals surface area (Å²) in [5.74, 6) is -0.264. The summed E-state index contributed by atoms with van der Waals surface area (Å²) in [7, 11) is 0. The minimum Gasteiger partial charge on any atom is -0.389 e. The second kappa shape index (κ2) is 8.83. The number of aliphatic hydroxyl groups is 1. The van der Waals surface area contributed by atoms with Crippen molar-refractivity contribution in [2.75, 3.05) is 0 Å². The summed E-state index contributed by atoms with van der Waals surface area (Å²) in [5, 5.41) is 14.8. The smallest absolute Gasteiger partial charge is 0.169 e. The molecule has 0 spiro atoms. The molecule has 3 aromatic carbocycles. The van der Waals surface area contributed by atoms with Gasteiger partial charge in [0.1, 0.15) is 12.7 Å². The Morgan fingerprint density at radius 1 is 0.808 bits per heavy atom. The molecular weight excluding hydrogens is 324 g/mol. The van der Waals surface area contributed by atoms with Gasteiger partial charge in [-0.1, -0.05) is 96.2 Å². The van der Waals surface area contributed by atoms with Crippen LogP contribution in [-0.4, -0.2) is 17.0 Å². The molecule has 132 valence electrons. The van der Waals surface area contributed by atoms with Gasteiger partial charge >= 0.3 is 0 Å².